The van der Waals surface area contributed by atoms with Crippen LogP contribution in [0.2, 0.25) is 0 Å². The molecule has 3 atom stereocenters. The van der Waals surface area contributed by atoms with Crippen LogP contribution in [0.1, 0.15) is 240 Å². The molecule has 242 valence electrons. The van der Waals surface area contributed by atoms with E-state index in [0.717, 1.165) is 17.8 Å². The molecule has 0 N–H and O–H groups in total. The highest BCUT2D eigenvalue weighted by Gasteiger charge is 2.08. The second-order valence-electron chi connectivity index (χ2n) is 14.5. The summed E-state index contributed by atoms with van der Waals surface area (Å²) in [4.78, 5) is 0. The Balaban J connectivity index is 3.37. The van der Waals surface area contributed by atoms with Gasteiger partial charge in [-0.3, -0.25) is 0 Å². The lowest BCUT2D eigenvalue weighted by molar-refractivity contribution is 0.373. The van der Waals surface area contributed by atoms with E-state index in [0.29, 0.717) is 0 Å². The first-order valence-corrected chi connectivity index (χ1v) is 19.6. The third-order valence-corrected chi connectivity index (χ3v) is 9.89. The predicted octanol–water partition coefficient (Wildman–Crippen LogP) is 15.4. The molecule has 0 radical (unpaired) electrons. The van der Waals surface area contributed by atoms with Gasteiger partial charge in [0, 0.05) is 0 Å². The van der Waals surface area contributed by atoms with Gasteiger partial charge in [-0.2, -0.15) is 0 Å². The van der Waals surface area contributed by atoms with E-state index in [2.05, 4.69) is 34.6 Å². The Morgan fingerprint density at radius 3 is 0.625 bits per heavy atom. The zero-order chi connectivity index (χ0) is 29.4. The van der Waals surface area contributed by atoms with Crippen LogP contribution in [0.25, 0.3) is 0 Å². The van der Waals surface area contributed by atoms with Crippen molar-refractivity contribution in [3.63, 3.8) is 0 Å². The highest BCUT2D eigenvalue weighted by atomic mass is 14.1. The standard InChI is InChI=1S/C40H82/c1-6-8-10-12-14-16-18-19-20-21-23-25-27-29-33-39(4)35-31-37-40(5)36-30-34-38(3)32-28-26-24-22-17-15-13-11-9-7-2/h38-40H,6-37H2,1-5H3. The molecule has 0 bridgehead atoms. The van der Waals surface area contributed by atoms with Gasteiger partial charge in [0.2, 0.25) is 0 Å². The summed E-state index contributed by atoms with van der Waals surface area (Å²) in [5.74, 6) is 2.84. The van der Waals surface area contributed by atoms with Gasteiger partial charge >= 0.3 is 0 Å². The van der Waals surface area contributed by atoms with Gasteiger partial charge in [-0.05, 0) is 17.8 Å². The zero-order valence-corrected chi connectivity index (χ0v) is 29.4. The fourth-order valence-corrected chi connectivity index (χ4v) is 6.73. The van der Waals surface area contributed by atoms with Crippen LogP contribution in [0, 0.1) is 17.8 Å². The summed E-state index contributed by atoms with van der Waals surface area (Å²) in [6.07, 6.45) is 47.0. The topological polar surface area (TPSA) is 0 Å². The van der Waals surface area contributed by atoms with Crippen molar-refractivity contribution in [1.82, 2.24) is 0 Å². The molecule has 40 heavy (non-hydrogen) atoms. The van der Waals surface area contributed by atoms with Crippen LogP contribution in [-0.2, 0) is 0 Å². The minimum Gasteiger partial charge on any atom is -0.0654 e. The molecule has 0 aromatic rings. The SMILES string of the molecule is CCCCCCCCCCCCCCCCC(C)CCCC(C)CCCC(C)CCCCCCCCCCCC. The van der Waals surface area contributed by atoms with Crippen molar-refractivity contribution < 1.29 is 0 Å². The summed E-state index contributed by atoms with van der Waals surface area (Å²) in [7, 11) is 0. The van der Waals surface area contributed by atoms with Crippen molar-refractivity contribution in [3.05, 3.63) is 0 Å². The Labute approximate surface area is 257 Å². The number of unbranched alkanes of at least 4 members (excludes halogenated alkanes) is 22. The molecule has 0 aliphatic heterocycles. The second kappa shape index (κ2) is 33.5. The molecule has 0 aromatic heterocycles. The molecule has 0 rings (SSSR count). The quantitative estimate of drug-likeness (QED) is 0.0684. The molecular formula is C40H82. The lowest BCUT2D eigenvalue weighted by atomic mass is 9.90. The van der Waals surface area contributed by atoms with Crippen molar-refractivity contribution >= 4 is 0 Å². The van der Waals surface area contributed by atoms with Gasteiger partial charge in [0.1, 0.15) is 0 Å². The van der Waals surface area contributed by atoms with Gasteiger partial charge in [-0.1, -0.05) is 240 Å². The first kappa shape index (κ1) is 40.0. The van der Waals surface area contributed by atoms with Gasteiger partial charge in [-0.25, -0.2) is 0 Å². The van der Waals surface area contributed by atoms with Gasteiger partial charge < -0.3 is 0 Å². The van der Waals surface area contributed by atoms with Gasteiger partial charge in [0.15, 0.2) is 0 Å². The largest absolute Gasteiger partial charge is 0.0654 e. The van der Waals surface area contributed by atoms with Crippen LogP contribution in [0.15, 0.2) is 0 Å². The Morgan fingerprint density at radius 2 is 0.400 bits per heavy atom. The first-order valence-electron chi connectivity index (χ1n) is 19.6. The van der Waals surface area contributed by atoms with Crippen LogP contribution in [0.3, 0.4) is 0 Å². The van der Waals surface area contributed by atoms with Crippen molar-refractivity contribution in [3.8, 4) is 0 Å². The fourth-order valence-electron chi connectivity index (χ4n) is 6.73. The van der Waals surface area contributed by atoms with Crippen LogP contribution >= 0.6 is 0 Å². The molecule has 3 unspecified atom stereocenters. The van der Waals surface area contributed by atoms with Crippen LogP contribution < -0.4 is 0 Å². The average Bonchev–Trinajstić information content (AvgIpc) is 2.94. The third kappa shape index (κ3) is 32.5. The molecule has 0 saturated heterocycles. The van der Waals surface area contributed by atoms with Gasteiger partial charge in [0.05, 0.1) is 0 Å². The summed E-state index contributed by atoms with van der Waals surface area (Å²) in [5.41, 5.74) is 0. The van der Waals surface area contributed by atoms with Crippen molar-refractivity contribution in [2.24, 2.45) is 17.8 Å². The molecule has 0 spiro atoms. The summed E-state index contributed by atoms with van der Waals surface area (Å²) in [6.45, 7) is 12.2. The third-order valence-electron chi connectivity index (χ3n) is 9.89. The lowest BCUT2D eigenvalue weighted by Gasteiger charge is -2.16. The van der Waals surface area contributed by atoms with E-state index in [1.165, 1.54) is 205 Å². The minimum absolute atomic E-state index is 0.942. The maximum absolute atomic E-state index is 2.52. The molecular weight excluding hydrogens is 480 g/mol. The maximum Gasteiger partial charge on any atom is -0.0443 e. The van der Waals surface area contributed by atoms with E-state index in [-0.39, 0.29) is 0 Å². The Morgan fingerprint density at radius 1 is 0.225 bits per heavy atom. The maximum atomic E-state index is 2.52. The van der Waals surface area contributed by atoms with Crippen LogP contribution in [0.5, 0.6) is 0 Å². The number of hydrogen-bond acceptors (Lipinski definition) is 0. The highest BCUT2D eigenvalue weighted by Crippen LogP contribution is 2.23. The smallest absolute Gasteiger partial charge is 0.0443 e. The van der Waals surface area contributed by atoms with E-state index >= 15 is 0 Å². The van der Waals surface area contributed by atoms with Gasteiger partial charge in [0.25, 0.3) is 0 Å². The molecule has 0 amide bonds. The van der Waals surface area contributed by atoms with Crippen molar-refractivity contribution in [1.29, 1.82) is 0 Å². The minimum atomic E-state index is 0.942. The molecule has 0 nitrogen and oxygen atoms in total. The van der Waals surface area contributed by atoms with Crippen LogP contribution in [-0.4, -0.2) is 0 Å². The first-order chi connectivity index (χ1) is 19.6. The zero-order valence-electron chi connectivity index (χ0n) is 29.4. The summed E-state index contributed by atoms with van der Waals surface area (Å²) in [6, 6.07) is 0. The molecule has 0 heteroatoms. The van der Waals surface area contributed by atoms with Crippen molar-refractivity contribution in [2.75, 3.05) is 0 Å². The van der Waals surface area contributed by atoms with Gasteiger partial charge in [-0.15, -0.1) is 0 Å². The number of rotatable bonds is 34. The molecule has 0 heterocycles. The average molecular weight is 563 g/mol. The Bertz CT molecular complexity index is 439. The molecule has 0 fully saturated rings. The lowest BCUT2D eigenvalue weighted by Crippen LogP contribution is -2.01. The normalized spacial score (nSPS) is 14.0. The molecule has 0 saturated carbocycles. The Kier molecular flexibility index (Phi) is 33.5. The monoisotopic (exact) mass is 563 g/mol. The second-order valence-corrected chi connectivity index (χ2v) is 14.5. The number of hydrogen-bond donors (Lipinski definition) is 0. The van der Waals surface area contributed by atoms with Crippen LogP contribution in [0.4, 0.5) is 0 Å². The van der Waals surface area contributed by atoms with E-state index in [1.54, 1.807) is 0 Å². The summed E-state index contributed by atoms with van der Waals surface area (Å²) in [5, 5.41) is 0. The van der Waals surface area contributed by atoms with E-state index in [9.17, 15) is 0 Å². The molecule has 0 aromatic carbocycles. The Hall–Kier alpha value is 0. The summed E-state index contributed by atoms with van der Waals surface area (Å²) >= 11 is 0. The fraction of sp³-hybridized carbons (Fsp3) is 1.00. The van der Waals surface area contributed by atoms with E-state index in [4.69, 9.17) is 0 Å². The summed E-state index contributed by atoms with van der Waals surface area (Å²) < 4.78 is 0. The van der Waals surface area contributed by atoms with E-state index < -0.39 is 0 Å². The molecule has 0 aliphatic carbocycles. The predicted molar refractivity (Wildman–Crippen MR) is 187 cm³/mol. The van der Waals surface area contributed by atoms with E-state index in [1.807, 2.05) is 0 Å². The van der Waals surface area contributed by atoms with Crippen molar-refractivity contribution in [2.45, 2.75) is 240 Å². The highest BCUT2D eigenvalue weighted by molar-refractivity contribution is 4.61. The molecule has 0 aliphatic rings.